The Morgan fingerprint density at radius 2 is 1.89 bits per heavy atom. The number of aryl methyl sites for hydroxylation is 1. The van der Waals surface area contributed by atoms with Crippen molar-refractivity contribution in [3.05, 3.63) is 57.8 Å². The van der Waals surface area contributed by atoms with Crippen molar-refractivity contribution in [2.75, 3.05) is 6.54 Å². The summed E-state index contributed by atoms with van der Waals surface area (Å²) in [6.45, 7) is 2.43. The Bertz CT molecular complexity index is 586. The van der Waals surface area contributed by atoms with Crippen molar-refractivity contribution in [3.8, 4) is 11.5 Å². The molecule has 0 atom stereocenters. The second-order valence-electron chi connectivity index (χ2n) is 4.32. The summed E-state index contributed by atoms with van der Waals surface area (Å²) in [6, 6.07) is 10.3. The van der Waals surface area contributed by atoms with Crippen molar-refractivity contribution in [3.63, 3.8) is 0 Å². The Morgan fingerprint density at radius 3 is 2.53 bits per heavy atom. The SMILES string of the molecule is Cc1cc(F)ccc1Oc1ccc(CCN)cc1Br. The molecule has 0 aliphatic heterocycles. The molecular formula is C15H15BrFNO. The number of hydrogen-bond acceptors (Lipinski definition) is 2. The molecule has 0 aliphatic rings. The van der Waals surface area contributed by atoms with E-state index < -0.39 is 0 Å². The van der Waals surface area contributed by atoms with E-state index in [4.69, 9.17) is 10.5 Å². The highest BCUT2D eigenvalue weighted by Gasteiger charge is 2.07. The molecule has 0 saturated carbocycles. The molecule has 0 spiro atoms. The minimum Gasteiger partial charge on any atom is -0.456 e. The van der Waals surface area contributed by atoms with Crippen LogP contribution < -0.4 is 10.5 Å². The van der Waals surface area contributed by atoms with E-state index in [1.165, 1.54) is 12.1 Å². The van der Waals surface area contributed by atoms with E-state index in [-0.39, 0.29) is 5.82 Å². The number of rotatable bonds is 4. The van der Waals surface area contributed by atoms with Gasteiger partial charge in [-0.3, -0.25) is 0 Å². The first-order chi connectivity index (χ1) is 9.10. The topological polar surface area (TPSA) is 35.2 Å². The Morgan fingerprint density at radius 1 is 1.16 bits per heavy atom. The summed E-state index contributed by atoms with van der Waals surface area (Å²) in [7, 11) is 0. The van der Waals surface area contributed by atoms with Gasteiger partial charge in [-0.05, 0) is 77.3 Å². The zero-order valence-corrected chi connectivity index (χ0v) is 12.2. The molecule has 0 aliphatic carbocycles. The molecule has 100 valence electrons. The molecule has 0 bridgehead atoms. The largest absolute Gasteiger partial charge is 0.456 e. The average Bonchev–Trinajstić information content (AvgIpc) is 2.36. The number of ether oxygens (including phenoxy) is 1. The quantitative estimate of drug-likeness (QED) is 0.915. The fraction of sp³-hybridized carbons (Fsp3) is 0.200. The summed E-state index contributed by atoms with van der Waals surface area (Å²) >= 11 is 3.47. The zero-order valence-electron chi connectivity index (χ0n) is 10.6. The summed E-state index contributed by atoms with van der Waals surface area (Å²) in [5.41, 5.74) is 7.44. The van der Waals surface area contributed by atoms with Crippen LogP contribution in [-0.2, 0) is 6.42 Å². The first-order valence-electron chi connectivity index (χ1n) is 6.02. The van der Waals surface area contributed by atoms with Crippen LogP contribution in [0.4, 0.5) is 4.39 Å². The molecule has 0 unspecified atom stereocenters. The Balaban J connectivity index is 2.23. The highest BCUT2D eigenvalue weighted by molar-refractivity contribution is 9.10. The number of halogens is 2. The maximum atomic E-state index is 13.0. The minimum absolute atomic E-state index is 0.262. The van der Waals surface area contributed by atoms with E-state index in [1.807, 2.05) is 25.1 Å². The average molecular weight is 324 g/mol. The van der Waals surface area contributed by atoms with Gasteiger partial charge in [-0.2, -0.15) is 0 Å². The fourth-order valence-corrected chi connectivity index (χ4v) is 2.30. The second kappa shape index (κ2) is 6.17. The Kier molecular flexibility index (Phi) is 4.56. The Labute approximate surface area is 120 Å². The summed E-state index contributed by atoms with van der Waals surface area (Å²) in [5.74, 6) is 1.09. The number of hydrogen-bond donors (Lipinski definition) is 1. The zero-order chi connectivity index (χ0) is 13.8. The third kappa shape index (κ3) is 3.55. The lowest BCUT2D eigenvalue weighted by Crippen LogP contribution is -2.02. The second-order valence-corrected chi connectivity index (χ2v) is 5.17. The van der Waals surface area contributed by atoms with Gasteiger partial charge in [0.1, 0.15) is 17.3 Å². The van der Waals surface area contributed by atoms with Crippen molar-refractivity contribution in [1.82, 2.24) is 0 Å². The van der Waals surface area contributed by atoms with Gasteiger partial charge in [0.05, 0.1) is 4.47 Å². The number of benzene rings is 2. The monoisotopic (exact) mass is 323 g/mol. The van der Waals surface area contributed by atoms with Crippen LogP contribution >= 0.6 is 15.9 Å². The van der Waals surface area contributed by atoms with Crippen molar-refractivity contribution < 1.29 is 9.13 Å². The molecule has 0 heterocycles. The minimum atomic E-state index is -0.262. The maximum Gasteiger partial charge on any atom is 0.141 e. The van der Waals surface area contributed by atoms with Gasteiger partial charge in [-0.25, -0.2) is 4.39 Å². The van der Waals surface area contributed by atoms with Gasteiger partial charge < -0.3 is 10.5 Å². The molecular weight excluding hydrogens is 309 g/mol. The molecule has 2 rings (SSSR count). The van der Waals surface area contributed by atoms with Crippen LogP contribution in [0.5, 0.6) is 11.5 Å². The standard InChI is InChI=1S/C15H15BrFNO/c1-10-8-12(17)3-5-14(10)19-15-4-2-11(6-7-18)9-13(15)16/h2-5,8-9H,6-7,18H2,1H3. The van der Waals surface area contributed by atoms with Crippen LogP contribution in [0.3, 0.4) is 0 Å². The van der Waals surface area contributed by atoms with E-state index in [1.54, 1.807) is 6.07 Å². The molecule has 2 N–H and O–H groups in total. The van der Waals surface area contributed by atoms with Crippen LogP contribution in [0.25, 0.3) is 0 Å². The fourth-order valence-electron chi connectivity index (χ4n) is 1.80. The molecule has 2 aromatic carbocycles. The number of nitrogens with two attached hydrogens (primary N) is 1. The van der Waals surface area contributed by atoms with Crippen molar-refractivity contribution in [2.24, 2.45) is 5.73 Å². The summed E-state index contributed by atoms with van der Waals surface area (Å²) < 4.78 is 19.7. The molecule has 0 aromatic heterocycles. The van der Waals surface area contributed by atoms with E-state index >= 15 is 0 Å². The van der Waals surface area contributed by atoms with E-state index in [2.05, 4.69) is 15.9 Å². The van der Waals surface area contributed by atoms with Gasteiger partial charge in [0.15, 0.2) is 0 Å². The predicted octanol–water partition coefficient (Wildman–Crippen LogP) is 4.19. The molecule has 0 amide bonds. The molecule has 0 saturated heterocycles. The van der Waals surface area contributed by atoms with E-state index in [0.717, 1.165) is 22.0 Å². The van der Waals surface area contributed by atoms with Crippen molar-refractivity contribution >= 4 is 15.9 Å². The third-order valence-corrected chi connectivity index (χ3v) is 3.41. The van der Waals surface area contributed by atoms with Gasteiger partial charge in [0.25, 0.3) is 0 Å². The molecule has 2 aromatic rings. The van der Waals surface area contributed by atoms with Gasteiger partial charge in [-0.15, -0.1) is 0 Å². The van der Waals surface area contributed by atoms with Crippen molar-refractivity contribution in [1.29, 1.82) is 0 Å². The lowest BCUT2D eigenvalue weighted by Gasteiger charge is -2.11. The lowest BCUT2D eigenvalue weighted by atomic mass is 10.1. The van der Waals surface area contributed by atoms with Crippen molar-refractivity contribution in [2.45, 2.75) is 13.3 Å². The summed E-state index contributed by atoms with van der Waals surface area (Å²) in [5, 5.41) is 0. The molecule has 2 nitrogen and oxygen atoms in total. The van der Waals surface area contributed by atoms with E-state index in [0.29, 0.717) is 18.0 Å². The highest BCUT2D eigenvalue weighted by Crippen LogP contribution is 2.32. The Hall–Kier alpha value is -1.39. The summed E-state index contributed by atoms with van der Waals surface area (Å²) in [4.78, 5) is 0. The summed E-state index contributed by atoms with van der Waals surface area (Å²) in [6.07, 6.45) is 0.828. The smallest absolute Gasteiger partial charge is 0.141 e. The van der Waals surface area contributed by atoms with Gasteiger partial charge >= 0.3 is 0 Å². The van der Waals surface area contributed by atoms with Crippen LogP contribution in [0, 0.1) is 12.7 Å². The van der Waals surface area contributed by atoms with Crippen LogP contribution in [0.1, 0.15) is 11.1 Å². The van der Waals surface area contributed by atoms with Crippen LogP contribution in [0.15, 0.2) is 40.9 Å². The highest BCUT2D eigenvalue weighted by atomic mass is 79.9. The first kappa shape index (κ1) is 14.0. The molecule has 4 heteroatoms. The van der Waals surface area contributed by atoms with Crippen LogP contribution in [-0.4, -0.2) is 6.54 Å². The maximum absolute atomic E-state index is 13.0. The first-order valence-corrected chi connectivity index (χ1v) is 6.82. The van der Waals surface area contributed by atoms with E-state index in [9.17, 15) is 4.39 Å². The molecule has 0 radical (unpaired) electrons. The predicted molar refractivity (Wildman–Crippen MR) is 78.1 cm³/mol. The van der Waals surface area contributed by atoms with Gasteiger partial charge in [-0.1, -0.05) is 6.07 Å². The lowest BCUT2D eigenvalue weighted by molar-refractivity contribution is 0.473. The molecule has 0 fully saturated rings. The van der Waals surface area contributed by atoms with Gasteiger partial charge in [0.2, 0.25) is 0 Å². The van der Waals surface area contributed by atoms with Gasteiger partial charge in [0, 0.05) is 0 Å². The third-order valence-electron chi connectivity index (χ3n) is 2.79. The normalized spacial score (nSPS) is 10.5. The molecule has 19 heavy (non-hydrogen) atoms. The van der Waals surface area contributed by atoms with Crippen LogP contribution in [0.2, 0.25) is 0 Å².